The first-order chi connectivity index (χ1) is 7.72. The molecule has 1 amide bonds. The van der Waals surface area contributed by atoms with Gasteiger partial charge in [0.25, 0.3) is 5.91 Å². The van der Waals surface area contributed by atoms with Crippen LogP contribution in [0.2, 0.25) is 0 Å². The summed E-state index contributed by atoms with van der Waals surface area (Å²) in [5.74, 6) is 1.27. The molecule has 1 saturated carbocycles. The average Bonchev–Trinajstić information content (AvgIpc) is 3.03. The van der Waals surface area contributed by atoms with Crippen molar-refractivity contribution in [3.05, 3.63) is 17.5 Å². The predicted octanol–water partition coefficient (Wildman–Crippen LogP) is 1.27. The van der Waals surface area contributed by atoms with Gasteiger partial charge in [0.05, 0.1) is 0 Å². The van der Waals surface area contributed by atoms with Crippen LogP contribution in [0.25, 0.3) is 0 Å². The van der Waals surface area contributed by atoms with Gasteiger partial charge in [0.1, 0.15) is 5.76 Å². The van der Waals surface area contributed by atoms with E-state index >= 15 is 0 Å². The SMILES string of the molecule is CNCCN(C)C(=O)c1cc(C2CC2)on1.Cl. The number of nitrogens with zero attached hydrogens (tertiary/aromatic N) is 2. The third kappa shape index (κ3) is 3.44. The molecule has 5 nitrogen and oxygen atoms in total. The van der Waals surface area contributed by atoms with Crippen molar-refractivity contribution in [2.75, 3.05) is 27.2 Å². The molecule has 0 unspecified atom stereocenters. The first-order valence-electron chi connectivity index (χ1n) is 5.59. The quantitative estimate of drug-likeness (QED) is 0.865. The number of halogens is 1. The van der Waals surface area contributed by atoms with Crippen molar-refractivity contribution in [1.29, 1.82) is 0 Å². The maximum Gasteiger partial charge on any atom is 0.275 e. The molecule has 0 aliphatic heterocycles. The van der Waals surface area contributed by atoms with E-state index in [9.17, 15) is 4.79 Å². The normalized spacial score (nSPS) is 14.2. The minimum absolute atomic E-state index is 0. The average molecular weight is 260 g/mol. The molecule has 6 heteroatoms. The number of aromatic nitrogens is 1. The van der Waals surface area contributed by atoms with E-state index < -0.39 is 0 Å². The lowest BCUT2D eigenvalue weighted by molar-refractivity contribution is 0.0786. The molecule has 96 valence electrons. The Kier molecular flexibility index (Phi) is 4.96. The van der Waals surface area contributed by atoms with Crippen molar-refractivity contribution in [3.63, 3.8) is 0 Å². The highest BCUT2D eigenvalue weighted by Crippen LogP contribution is 2.40. The molecule has 0 saturated heterocycles. The molecular formula is C11H18ClN3O2. The van der Waals surface area contributed by atoms with Gasteiger partial charge in [-0.15, -0.1) is 12.4 Å². The molecule has 0 bridgehead atoms. The molecule has 0 aromatic carbocycles. The lowest BCUT2D eigenvalue weighted by atomic mass is 10.2. The third-order valence-corrected chi connectivity index (χ3v) is 2.77. The summed E-state index contributed by atoms with van der Waals surface area (Å²) in [6.45, 7) is 1.44. The van der Waals surface area contributed by atoms with Crippen molar-refractivity contribution >= 4 is 18.3 Å². The fraction of sp³-hybridized carbons (Fsp3) is 0.636. The first kappa shape index (κ1) is 14.0. The molecule has 1 heterocycles. The van der Waals surface area contributed by atoms with E-state index in [-0.39, 0.29) is 18.3 Å². The van der Waals surface area contributed by atoms with E-state index in [4.69, 9.17) is 4.52 Å². The summed E-state index contributed by atoms with van der Waals surface area (Å²) in [4.78, 5) is 13.5. The van der Waals surface area contributed by atoms with Gasteiger partial charge in [-0.05, 0) is 19.9 Å². The summed E-state index contributed by atoms with van der Waals surface area (Å²) in [6, 6.07) is 1.77. The van der Waals surface area contributed by atoms with Crippen molar-refractivity contribution in [3.8, 4) is 0 Å². The summed E-state index contributed by atoms with van der Waals surface area (Å²) >= 11 is 0. The van der Waals surface area contributed by atoms with Crippen molar-refractivity contribution in [1.82, 2.24) is 15.4 Å². The molecule has 1 fully saturated rings. The second-order valence-electron chi connectivity index (χ2n) is 4.22. The van der Waals surface area contributed by atoms with Crippen LogP contribution in [0, 0.1) is 0 Å². The molecule has 2 rings (SSSR count). The highest BCUT2D eigenvalue weighted by Gasteiger charge is 2.29. The number of hydrogen-bond donors (Lipinski definition) is 1. The van der Waals surface area contributed by atoms with E-state index in [0.29, 0.717) is 18.2 Å². The number of hydrogen-bond acceptors (Lipinski definition) is 4. The van der Waals surface area contributed by atoms with Crippen LogP contribution in [-0.2, 0) is 0 Å². The number of carbonyl (C=O) groups excluding carboxylic acids is 1. The van der Waals surface area contributed by atoms with Crippen LogP contribution in [0.3, 0.4) is 0 Å². The molecule has 17 heavy (non-hydrogen) atoms. The number of likely N-dealkylation sites (N-methyl/N-ethyl adjacent to an activating group) is 2. The van der Waals surface area contributed by atoms with Gasteiger partial charge in [-0.3, -0.25) is 4.79 Å². The van der Waals surface area contributed by atoms with Crippen LogP contribution >= 0.6 is 12.4 Å². The van der Waals surface area contributed by atoms with Gasteiger partial charge in [-0.2, -0.15) is 0 Å². The van der Waals surface area contributed by atoms with Crippen molar-refractivity contribution in [2.45, 2.75) is 18.8 Å². The third-order valence-electron chi connectivity index (χ3n) is 2.77. The predicted molar refractivity (Wildman–Crippen MR) is 66.6 cm³/mol. The second-order valence-corrected chi connectivity index (χ2v) is 4.22. The molecule has 0 atom stereocenters. The molecule has 0 radical (unpaired) electrons. The van der Waals surface area contributed by atoms with Gasteiger partial charge in [-0.1, -0.05) is 5.16 Å². The zero-order valence-corrected chi connectivity index (χ0v) is 10.9. The summed E-state index contributed by atoms with van der Waals surface area (Å²) in [6.07, 6.45) is 2.30. The molecule has 1 aromatic heterocycles. The van der Waals surface area contributed by atoms with Crippen LogP contribution in [-0.4, -0.2) is 43.1 Å². The van der Waals surface area contributed by atoms with E-state index in [1.54, 1.807) is 18.0 Å². The zero-order valence-electron chi connectivity index (χ0n) is 10.1. The van der Waals surface area contributed by atoms with Crippen molar-refractivity contribution in [2.24, 2.45) is 0 Å². The fourth-order valence-corrected chi connectivity index (χ4v) is 1.53. The minimum atomic E-state index is -0.0779. The van der Waals surface area contributed by atoms with Gasteiger partial charge in [0.2, 0.25) is 0 Å². The Balaban J connectivity index is 0.00000144. The van der Waals surface area contributed by atoms with Crippen LogP contribution < -0.4 is 5.32 Å². The Morgan fingerprint density at radius 1 is 1.65 bits per heavy atom. The standard InChI is InChI=1S/C11H17N3O2.ClH/c1-12-5-6-14(2)11(15)9-7-10(16-13-9)8-3-4-8;/h7-8,12H,3-6H2,1-2H3;1H. The summed E-state index contributed by atoms with van der Waals surface area (Å²) in [7, 11) is 3.63. The minimum Gasteiger partial charge on any atom is -0.360 e. The van der Waals surface area contributed by atoms with Gasteiger partial charge >= 0.3 is 0 Å². The van der Waals surface area contributed by atoms with Crippen LogP contribution in [0.1, 0.15) is 35.0 Å². The Morgan fingerprint density at radius 2 is 2.35 bits per heavy atom. The lowest BCUT2D eigenvalue weighted by Crippen LogP contribution is -2.32. The zero-order chi connectivity index (χ0) is 11.5. The van der Waals surface area contributed by atoms with Crippen LogP contribution in [0.5, 0.6) is 0 Å². The van der Waals surface area contributed by atoms with E-state index in [1.807, 2.05) is 7.05 Å². The number of nitrogens with one attached hydrogen (secondary N) is 1. The summed E-state index contributed by atoms with van der Waals surface area (Å²) in [5, 5.41) is 6.82. The summed E-state index contributed by atoms with van der Waals surface area (Å²) in [5.41, 5.74) is 0.417. The second kappa shape index (κ2) is 6.02. The highest BCUT2D eigenvalue weighted by molar-refractivity contribution is 5.92. The maximum atomic E-state index is 11.9. The smallest absolute Gasteiger partial charge is 0.275 e. The Labute approximate surface area is 107 Å². The monoisotopic (exact) mass is 259 g/mol. The highest BCUT2D eigenvalue weighted by atomic mass is 35.5. The van der Waals surface area contributed by atoms with Gasteiger partial charge in [0.15, 0.2) is 5.69 Å². The number of amides is 1. The Morgan fingerprint density at radius 3 is 2.94 bits per heavy atom. The summed E-state index contributed by atoms with van der Waals surface area (Å²) < 4.78 is 5.15. The molecule has 1 N–H and O–H groups in total. The molecule has 1 aliphatic carbocycles. The van der Waals surface area contributed by atoms with Crippen LogP contribution in [0.15, 0.2) is 10.6 Å². The van der Waals surface area contributed by atoms with E-state index in [2.05, 4.69) is 10.5 Å². The lowest BCUT2D eigenvalue weighted by Gasteiger charge is -2.14. The maximum absolute atomic E-state index is 11.9. The van der Waals surface area contributed by atoms with E-state index in [0.717, 1.165) is 25.1 Å². The van der Waals surface area contributed by atoms with Crippen molar-refractivity contribution < 1.29 is 9.32 Å². The molecule has 0 spiro atoms. The Bertz CT molecular complexity index is 377. The number of carbonyl (C=O) groups is 1. The molecule has 1 aliphatic rings. The van der Waals surface area contributed by atoms with Gasteiger partial charge in [-0.25, -0.2) is 0 Å². The largest absolute Gasteiger partial charge is 0.360 e. The van der Waals surface area contributed by atoms with Crippen LogP contribution in [0.4, 0.5) is 0 Å². The topological polar surface area (TPSA) is 58.4 Å². The number of rotatable bonds is 5. The Hall–Kier alpha value is -1.07. The van der Waals surface area contributed by atoms with Gasteiger partial charge < -0.3 is 14.7 Å². The fourth-order valence-electron chi connectivity index (χ4n) is 1.53. The molecule has 1 aromatic rings. The first-order valence-corrected chi connectivity index (χ1v) is 5.59. The molecular weight excluding hydrogens is 242 g/mol. The van der Waals surface area contributed by atoms with Gasteiger partial charge in [0, 0.05) is 32.1 Å². The van der Waals surface area contributed by atoms with E-state index in [1.165, 1.54) is 0 Å².